The molecule has 1 heteroatoms. The van der Waals surface area contributed by atoms with E-state index in [1.807, 2.05) is 12.1 Å². The molecule has 0 amide bonds. The maximum absolute atomic E-state index is 12.7. The van der Waals surface area contributed by atoms with Gasteiger partial charge < -0.3 is 0 Å². The van der Waals surface area contributed by atoms with Crippen molar-refractivity contribution in [3.8, 4) is 0 Å². The first kappa shape index (κ1) is 9.45. The van der Waals surface area contributed by atoms with Crippen molar-refractivity contribution in [2.45, 2.75) is 32.6 Å². The lowest BCUT2D eigenvalue weighted by atomic mass is 9.88. The van der Waals surface area contributed by atoms with E-state index in [0.717, 1.165) is 6.42 Å². The van der Waals surface area contributed by atoms with Crippen LogP contribution >= 0.6 is 0 Å². The van der Waals surface area contributed by atoms with Crippen LogP contribution in [0.1, 0.15) is 38.2 Å². The molecule has 0 fully saturated rings. The summed E-state index contributed by atoms with van der Waals surface area (Å²) in [6.07, 6.45) is 4.92. The number of benzene rings is 1. The fourth-order valence-electron chi connectivity index (χ4n) is 2.10. The highest BCUT2D eigenvalue weighted by Gasteiger charge is 2.10. The number of hydrogen-bond donors (Lipinski definition) is 0. The predicted octanol–water partition coefficient (Wildman–Crippen LogP) is 4.17. The summed E-state index contributed by atoms with van der Waals surface area (Å²) in [4.78, 5) is 0. The molecule has 0 radical (unpaired) electrons. The molecule has 0 unspecified atom stereocenters. The van der Waals surface area contributed by atoms with Gasteiger partial charge in [0, 0.05) is 0 Å². The minimum Gasteiger partial charge on any atom is -0.207 e. The Morgan fingerprint density at radius 2 is 1.64 bits per heavy atom. The van der Waals surface area contributed by atoms with E-state index in [9.17, 15) is 4.39 Å². The lowest BCUT2D eigenvalue weighted by Crippen LogP contribution is -1.96. The molecule has 0 nitrogen and oxygen atoms in total. The van der Waals surface area contributed by atoms with Crippen LogP contribution in [0.4, 0.5) is 4.39 Å². The van der Waals surface area contributed by atoms with Gasteiger partial charge in [0.1, 0.15) is 5.82 Å². The van der Waals surface area contributed by atoms with Gasteiger partial charge in [-0.1, -0.05) is 17.7 Å². The minimum absolute atomic E-state index is 0.150. The van der Waals surface area contributed by atoms with Crippen molar-refractivity contribution in [1.29, 1.82) is 0 Å². The van der Waals surface area contributed by atoms with E-state index in [-0.39, 0.29) is 5.82 Å². The summed E-state index contributed by atoms with van der Waals surface area (Å²) in [5.41, 5.74) is 4.10. The Morgan fingerprint density at radius 3 is 2.29 bits per heavy atom. The first-order chi connectivity index (χ1) is 6.77. The molecule has 0 heterocycles. The van der Waals surface area contributed by atoms with Crippen LogP contribution in [-0.4, -0.2) is 0 Å². The number of allylic oxidation sites excluding steroid dienone is 2. The molecule has 0 spiro atoms. The third-order valence-corrected chi connectivity index (χ3v) is 2.94. The highest BCUT2D eigenvalue weighted by Crippen LogP contribution is 2.31. The monoisotopic (exact) mass is 190 g/mol. The van der Waals surface area contributed by atoms with Crippen LogP contribution in [0.25, 0.3) is 5.57 Å². The lowest BCUT2D eigenvalue weighted by molar-refractivity contribution is 0.627. The molecule has 0 bridgehead atoms. The van der Waals surface area contributed by atoms with Crippen molar-refractivity contribution in [3.63, 3.8) is 0 Å². The first-order valence-corrected chi connectivity index (χ1v) is 5.22. The number of rotatable bonds is 1. The van der Waals surface area contributed by atoms with Gasteiger partial charge in [-0.05, 0) is 55.9 Å². The van der Waals surface area contributed by atoms with Gasteiger partial charge in [-0.25, -0.2) is 4.39 Å². The average Bonchev–Trinajstić information content (AvgIpc) is 2.20. The quantitative estimate of drug-likeness (QED) is 0.623. The summed E-state index contributed by atoms with van der Waals surface area (Å²) in [5.74, 6) is -0.150. The summed E-state index contributed by atoms with van der Waals surface area (Å²) in [5, 5.41) is 0. The fraction of sp³-hybridized carbons (Fsp3) is 0.385. The molecule has 1 aliphatic rings. The van der Waals surface area contributed by atoms with Crippen molar-refractivity contribution >= 4 is 5.57 Å². The van der Waals surface area contributed by atoms with E-state index >= 15 is 0 Å². The Balaban J connectivity index is 2.34. The molecular formula is C13H15F. The number of hydrogen-bond acceptors (Lipinski definition) is 0. The summed E-state index contributed by atoms with van der Waals surface area (Å²) in [6.45, 7) is 2.19. The Labute approximate surface area is 84.5 Å². The van der Waals surface area contributed by atoms with E-state index in [2.05, 4.69) is 6.92 Å². The maximum atomic E-state index is 12.7. The van der Waals surface area contributed by atoms with E-state index in [0.29, 0.717) is 0 Å². The molecule has 0 aliphatic heterocycles. The van der Waals surface area contributed by atoms with Crippen LogP contribution in [0, 0.1) is 5.82 Å². The second kappa shape index (κ2) is 3.95. The summed E-state index contributed by atoms with van der Waals surface area (Å²) in [7, 11) is 0. The maximum Gasteiger partial charge on any atom is 0.123 e. The van der Waals surface area contributed by atoms with E-state index in [1.54, 1.807) is 12.1 Å². The molecule has 1 aliphatic carbocycles. The molecule has 14 heavy (non-hydrogen) atoms. The molecule has 1 aromatic rings. The van der Waals surface area contributed by atoms with Gasteiger partial charge in [0.25, 0.3) is 0 Å². The van der Waals surface area contributed by atoms with Gasteiger partial charge in [0.05, 0.1) is 0 Å². The second-order valence-corrected chi connectivity index (χ2v) is 3.97. The molecule has 1 aromatic carbocycles. The first-order valence-electron chi connectivity index (χ1n) is 5.22. The summed E-state index contributed by atoms with van der Waals surface area (Å²) < 4.78 is 12.7. The van der Waals surface area contributed by atoms with Crippen LogP contribution in [0.2, 0.25) is 0 Å². The third-order valence-electron chi connectivity index (χ3n) is 2.94. The van der Waals surface area contributed by atoms with Gasteiger partial charge in [-0.15, -0.1) is 0 Å². The Bertz CT molecular complexity index is 346. The lowest BCUT2D eigenvalue weighted by Gasteiger charge is -2.17. The molecule has 0 aromatic heterocycles. The van der Waals surface area contributed by atoms with Gasteiger partial charge in [0.15, 0.2) is 0 Å². The highest BCUT2D eigenvalue weighted by molar-refractivity contribution is 5.68. The molecular weight excluding hydrogens is 175 g/mol. The van der Waals surface area contributed by atoms with E-state index in [4.69, 9.17) is 0 Å². The van der Waals surface area contributed by atoms with Crippen molar-refractivity contribution in [3.05, 3.63) is 41.2 Å². The molecule has 0 N–H and O–H groups in total. The second-order valence-electron chi connectivity index (χ2n) is 3.97. The fourth-order valence-corrected chi connectivity index (χ4v) is 2.10. The molecule has 0 saturated heterocycles. The molecule has 0 saturated carbocycles. The highest BCUT2D eigenvalue weighted by atomic mass is 19.1. The largest absolute Gasteiger partial charge is 0.207 e. The Hall–Kier alpha value is -1.11. The van der Waals surface area contributed by atoms with Crippen LogP contribution in [0.5, 0.6) is 0 Å². The van der Waals surface area contributed by atoms with Gasteiger partial charge in [0.2, 0.25) is 0 Å². The normalized spacial score (nSPS) is 17.3. The van der Waals surface area contributed by atoms with Crippen LogP contribution in [0.15, 0.2) is 29.8 Å². The van der Waals surface area contributed by atoms with Gasteiger partial charge in [-0.2, -0.15) is 0 Å². The van der Waals surface area contributed by atoms with Gasteiger partial charge in [-0.3, -0.25) is 0 Å². The zero-order valence-electron chi connectivity index (χ0n) is 8.52. The molecule has 0 atom stereocenters. The molecule has 74 valence electrons. The van der Waals surface area contributed by atoms with Crippen molar-refractivity contribution in [2.75, 3.05) is 0 Å². The SMILES string of the molecule is CC1=C(c2ccc(F)cc2)CCCC1. The average molecular weight is 190 g/mol. The number of halogens is 1. The zero-order chi connectivity index (χ0) is 9.97. The van der Waals surface area contributed by atoms with E-state index in [1.165, 1.54) is 36.0 Å². The standard InChI is InChI=1S/C13H15F/c1-10-4-2-3-5-13(10)11-6-8-12(14)9-7-11/h6-9H,2-5H2,1H3. The van der Waals surface area contributed by atoms with E-state index < -0.39 is 0 Å². The smallest absolute Gasteiger partial charge is 0.123 e. The van der Waals surface area contributed by atoms with Crippen LogP contribution in [0.3, 0.4) is 0 Å². The topological polar surface area (TPSA) is 0 Å². The molecule has 2 rings (SSSR count). The zero-order valence-corrected chi connectivity index (χ0v) is 8.52. The van der Waals surface area contributed by atoms with Gasteiger partial charge >= 0.3 is 0 Å². The third kappa shape index (κ3) is 1.87. The Kier molecular flexibility index (Phi) is 2.67. The van der Waals surface area contributed by atoms with Crippen molar-refractivity contribution in [2.24, 2.45) is 0 Å². The van der Waals surface area contributed by atoms with Crippen molar-refractivity contribution < 1.29 is 4.39 Å². The van der Waals surface area contributed by atoms with Crippen LogP contribution < -0.4 is 0 Å². The Morgan fingerprint density at radius 1 is 1.00 bits per heavy atom. The summed E-state index contributed by atoms with van der Waals surface area (Å²) >= 11 is 0. The van der Waals surface area contributed by atoms with Crippen molar-refractivity contribution in [1.82, 2.24) is 0 Å². The van der Waals surface area contributed by atoms with Crippen LogP contribution in [-0.2, 0) is 0 Å². The predicted molar refractivity (Wildman–Crippen MR) is 57.5 cm³/mol. The minimum atomic E-state index is -0.150. The summed E-state index contributed by atoms with van der Waals surface area (Å²) in [6, 6.07) is 6.87.